The zero-order valence-corrected chi connectivity index (χ0v) is 10.8. The van der Waals surface area contributed by atoms with E-state index in [9.17, 15) is 13.0 Å². The monoisotopic (exact) mass is 241 g/mol. The van der Waals surface area contributed by atoms with Crippen LogP contribution in [0.25, 0.3) is 0 Å². The van der Waals surface area contributed by atoms with E-state index in [0.717, 1.165) is 19.3 Å². The first-order valence-electron chi connectivity index (χ1n) is 4.91. The summed E-state index contributed by atoms with van der Waals surface area (Å²) < 4.78 is 34.6. The summed E-state index contributed by atoms with van der Waals surface area (Å²) in [6.07, 6.45) is 3.06. The molecule has 0 aromatic heterocycles. The largest absolute Gasteiger partial charge is 0.726 e. The molecular formula is C9H23NO4S. The van der Waals surface area contributed by atoms with Crippen LogP contribution in [0.4, 0.5) is 0 Å². The van der Waals surface area contributed by atoms with Crippen molar-refractivity contribution in [3.8, 4) is 0 Å². The molecule has 0 aliphatic heterocycles. The van der Waals surface area contributed by atoms with E-state index in [4.69, 9.17) is 0 Å². The fraction of sp³-hybridized carbons (Fsp3) is 1.00. The van der Waals surface area contributed by atoms with E-state index in [1.165, 1.54) is 0 Å². The first kappa shape index (κ1) is 17.2. The van der Waals surface area contributed by atoms with Gasteiger partial charge in [0.15, 0.2) is 0 Å². The minimum Gasteiger partial charge on any atom is -0.726 e. The van der Waals surface area contributed by atoms with Crippen LogP contribution in [0.1, 0.15) is 40.0 Å². The molecule has 0 aromatic carbocycles. The molecule has 6 heteroatoms. The molecule has 0 heterocycles. The lowest BCUT2D eigenvalue weighted by molar-refractivity contribution is 0.217. The molecule has 0 spiro atoms. The molecule has 0 saturated heterocycles. The molecule has 4 N–H and O–H groups in total. The Bertz CT molecular complexity index is 238. The molecule has 15 heavy (non-hydrogen) atoms. The van der Waals surface area contributed by atoms with Crippen molar-refractivity contribution in [2.45, 2.75) is 40.0 Å². The molecule has 0 aliphatic rings. The zero-order chi connectivity index (χ0) is 11.2. The Hall–Kier alpha value is -0.170. The van der Waals surface area contributed by atoms with Crippen LogP contribution >= 0.6 is 0 Å². The number of hydrogen-bond donors (Lipinski definition) is 1. The van der Waals surface area contributed by atoms with Crippen molar-refractivity contribution < 1.29 is 17.2 Å². The van der Waals surface area contributed by atoms with Gasteiger partial charge in [-0.3, -0.25) is 4.18 Å². The maximum atomic E-state index is 10.1. The molecule has 0 bridgehead atoms. The van der Waals surface area contributed by atoms with Gasteiger partial charge >= 0.3 is 0 Å². The smallest absolute Gasteiger partial charge is 0.217 e. The van der Waals surface area contributed by atoms with Crippen molar-refractivity contribution in [3.05, 3.63) is 0 Å². The second-order valence-corrected chi connectivity index (χ2v) is 5.17. The predicted octanol–water partition coefficient (Wildman–Crippen LogP) is 2.30. The van der Waals surface area contributed by atoms with E-state index in [-0.39, 0.29) is 18.7 Å². The molecule has 0 rings (SSSR count). The maximum Gasteiger partial charge on any atom is 0.217 e. The molecule has 0 aliphatic carbocycles. The van der Waals surface area contributed by atoms with Crippen molar-refractivity contribution in [1.29, 1.82) is 0 Å². The SMILES string of the molecule is CC(C)CCCC(C)COS(=O)(=O)[O-].[NH4+]. The molecule has 1 unspecified atom stereocenters. The minimum absolute atomic E-state index is 0. The van der Waals surface area contributed by atoms with Crippen molar-refractivity contribution in [3.63, 3.8) is 0 Å². The van der Waals surface area contributed by atoms with Gasteiger partial charge in [0.1, 0.15) is 0 Å². The molecular weight excluding hydrogens is 218 g/mol. The van der Waals surface area contributed by atoms with Crippen LogP contribution in [0, 0.1) is 11.8 Å². The lowest BCUT2D eigenvalue weighted by Crippen LogP contribution is -2.11. The summed E-state index contributed by atoms with van der Waals surface area (Å²) in [5.41, 5.74) is 0. The van der Waals surface area contributed by atoms with Crippen LogP contribution in [0.2, 0.25) is 0 Å². The average molecular weight is 241 g/mol. The molecule has 5 nitrogen and oxygen atoms in total. The van der Waals surface area contributed by atoms with E-state index >= 15 is 0 Å². The summed E-state index contributed by atoms with van der Waals surface area (Å²) in [5, 5.41) is 0. The Morgan fingerprint density at radius 2 is 1.73 bits per heavy atom. The lowest BCUT2D eigenvalue weighted by Gasteiger charge is -2.13. The Labute approximate surface area is 92.7 Å². The number of rotatable bonds is 7. The molecule has 0 radical (unpaired) electrons. The van der Waals surface area contributed by atoms with Crippen LogP contribution in [0.3, 0.4) is 0 Å². The van der Waals surface area contributed by atoms with E-state index in [1.807, 2.05) is 6.92 Å². The first-order chi connectivity index (χ1) is 6.31. The third kappa shape index (κ3) is 13.8. The molecule has 0 amide bonds. The topological polar surface area (TPSA) is 103 Å². The van der Waals surface area contributed by atoms with Gasteiger partial charge in [0.05, 0.1) is 6.61 Å². The van der Waals surface area contributed by atoms with Crippen LogP contribution in [0.15, 0.2) is 0 Å². The number of quaternary nitrogens is 1. The van der Waals surface area contributed by atoms with E-state index in [2.05, 4.69) is 18.0 Å². The van der Waals surface area contributed by atoms with Gasteiger partial charge in [-0.25, -0.2) is 8.42 Å². The van der Waals surface area contributed by atoms with Gasteiger partial charge in [0.25, 0.3) is 0 Å². The Morgan fingerprint density at radius 3 is 2.13 bits per heavy atom. The first-order valence-corrected chi connectivity index (χ1v) is 6.25. The predicted molar refractivity (Wildman–Crippen MR) is 59.5 cm³/mol. The van der Waals surface area contributed by atoms with Crippen LogP contribution in [-0.4, -0.2) is 19.6 Å². The summed E-state index contributed by atoms with van der Waals surface area (Å²) in [6, 6.07) is 0. The Morgan fingerprint density at radius 1 is 1.20 bits per heavy atom. The molecule has 0 saturated carbocycles. The zero-order valence-electron chi connectivity index (χ0n) is 10.0. The minimum atomic E-state index is -4.51. The van der Waals surface area contributed by atoms with Gasteiger partial charge in [-0.15, -0.1) is 0 Å². The summed E-state index contributed by atoms with van der Waals surface area (Å²) in [4.78, 5) is 0. The third-order valence-electron chi connectivity index (χ3n) is 1.98. The van der Waals surface area contributed by atoms with Gasteiger partial charge in [0.2, 0.25) is 10.4 Å². The van der Waals surface area contributed by atoms with Gasteiger partial charge in [-0.05, 0) is 18.3 Å². The highest BCUT2D eigenvalue weighted by Gasteiger charge is 2.05. The van der Waals surface area contributed by atoms with Crippen LogP contribution < -0.4 is 6.15 Å². The molecule has 0 aromatic rings. The highest BCUT2D eigenvalue weighted by molar-refractivity contribution is 7.80. The molecule has 94 valence electrons. The summed E-state index contributed by atoms with van der Waals surface area (Å²) in [7, 11) is -4.51. The fourth-order valence-corrected chi connectivity index (χ4v) is 1.56. The van der Waals surface area contributed by atoms with Crippen molar-refractivity contribution in [2.75, 3.05) is 6.61 Å². The summed E-state index contributed by atoms with van der Waals surface area (Å²) in [6.45, 7) is 6.17. The number of hydrogen-bond acceptors (Lipinski definition) is 4. The van der Waals surface area contributed by atoms with Crippen LogP contribution in [-0.2, 0) is 14.6 Å². The third-order valence-corrected chi connectivity index (χ3v) is 2.40. The Balaban J connectivity index is 0. The average Bonchev–Trinajstić information content (AvgIpc) is 1.99. The summed E-state index contributed by atoms with van der Waals surface area (Å²) in [5.74, 6) is 0.781. The normalized spacial score (nSPS) is 13.7. The van der Waals surface area contributed by atoms with E-state index in [0.29, 0.717) is 5.92 Å². The van der Waals surface area contributed by atoms with Crippen molar-refractivity contribution in [2.24, 2.45) is 11.8 Å². The van der Waals surface area contributed by atoms with Gasteiger partial charge < -0.3 is 10.7 Å². The second kappa shape index (κ2) is 8.04. The van der Waals surface area contributed by atoms with E-state index in [1.54, 1.807) is 0 Å². The highest BCUT2D eigenvalue weighted by Crippen LogP contribution is 2.12. The van der Waals surface area contributed by atoms with Crippen molar-refractivity contribution in [1.82, 2.24) is 6.15 Å². The molecule has 1 atom stereocenters. The van der Waals surface area contributed by atoms with Crippen molar-refractivity contribution >= 4 is 10.4 Å². The lowest BCUT2D eigenvalue weighted by atomic mass is 10.0. The van der Waals surface area contributed by atoms with Crippen LogP contribution in [0.5, 0.6) is 0 Å². The second-order valence-electron chi connectivity index (χ2n) is 4.12. The maximum absolute atomic E-state index is 10.1. The quantitative estimate of drug-likeness (QED) is 0.545. The van der Waals surface area contributed by atoms with Gasteiger partial charge in [-0.2, -0.15) is 0 Å². The highest BCUT2D eigenvalue weighted by atomic mass is 32.3. The van der Waals surface area contributed by atoms with Gasteiger partial charge in [0, 0.05) is 0 Å². The summed E-state index contributed by atoms with van der Waals surface area (Å²) >= 11 is 0. The standard InChI is InChI=1S/C9H20O4S.H3N/c1-8(2)5-4-6-9(3)7-13-14(10,11)12;/h8-9H,4-7H2,1-3H3,(H,10,11,12);1H3. The Kier molecular flexibility index (Phi) is 9.23. The van der Waals surface area contributed by atoms with E-state index < -0.39 is 10.4 Å². The van der Waals surface area contributed by atoms with Gasteiger partial charge in [-0.1, -0.05) is 33.6 Å². The fourth-order valence-electron chi connectivity index (χ4n) is 1.16. The molecule has 0 fully saturated rings.